The zero-order chi connectivity index (χ0) is 13.6. The second-order valence-corrected chi connectivity index (χ2v) is 16.1. The Hall–Kier alpha value is 0.144. The molecule has 3 aliphatic rings. The van der Waals surface area contributed by atoms with E-state index in [4.69, 9.17) is 0 Å². The van der Waals surface area contributed by atoms with Crippen molar-refractivity contribution in [2.75, 3.05) is 0 Å². The van der Waals surface area contributed by atoms with E-state index in [0.717, 1.165) is 77.0 Å². The van der Waals surface area contributed by atoms with Crippen molar-refractivity contribution < 1.29 is 23.4 Å². The Labute approximate surface area is 114 Å². The van der Waals surface area contributed by atoms with Crippen LogP contribution in [0.2, 0.25) is 13.9 Å². The van der Waals surface area contributed by atoms with Crippen LogP contribution in [-0.2, 0) is 19.4 Å². The van der Waals surface area contributed by atoms with Crippen LogP contribution in [0, 0.1) is 0 Å². The molecular weight excluding hydrogens is 279 g/mol. The Bertz CT molecular complexity index is 446. The molecule has 0 aliphatic heterocycles. The molecule has 3 nitrogen and oxygen atoms in total. The SMILES string of the molecule is [O]=[V](=[O])([OH])([CH]1CCCC1)([CH]1CCCC1)[CH]1CCCC1. The van der Waals surface area contributed by atoms with Gasteiger partial charge in [-0.05, 0) is 0 Å². The molecule has 0 aromatic carbocycles. The standard InChI is InChI=1S/3C5H9.H2O.2O.V/c3*1-2-4-5-3-1;;;;/h3*1H,2-5H2;1H2;;;/q;;;;;;+1/p-1. The molecule has 0 spiro atoms. The van der Waals surface area contributed by atoms with E-state index in [0.29, 0.717) is 0 Å². The molecular formula is C15H28O3V. The van der Waals surface area contributed by atoms with Gasteiger partial charge in [-0.15, -0.1) is 0 Å². The van der Waals surface area contributed by atoms with Crippen LogP contribution in [-0.4, -0.2) is 4.03 Å². The Balaban J connectivity index is 2.12. The molecule has 0 amide bonds. The summed E-state index contributed by atoms with van der Waals surface area (Å²) >= 11 is -6.23. The van der Waals surface area contributed by atoms with Gasteiger partial charge in [-0.2, -0.15) is 0 Å². The molecule has 0 atom stereocenters. The third kappa shape index (κ3) is 1.81. The van der Waals surface area contributed by atoms with Gasteiger partial charge in [0, 0.05) is 0 Å². The van der Waals surface area contributed by atoms with Crippen LogP contribution < -0.4 is 0 Å². The maximum absolute atomic E-state index is 14.0. The average Bonchev–Trinajstić information content (AvgIpc) is 3.13. The first-order chi connectivity index (χ1) is 8.88. The molecule has 111 valence electrons. The fraction of sp³-hybridized carbons (Fsp3) is 1.00. The Morgan fingerprint density at radius 3 is 1.00 bits per heavy atom. The number of rotatable bonds is 3. The second-order valence-electron chi connectivity index (χ2n) is 7.48. The molecule has 0 saturated heterocycles. The van der Waals surface area contributed by atoms with Crippen molar-refractivity contribution in [3.05, 3.63) is 0 Å². The predicted octanol–water partition coefficient (Wildman–Crippen LogP) is 4.90. The summed E-state index contributed by atoms with van der Waals surface area (Å²) in [7, 11) is 0. The zero-order valence-electron chi connectivity index (χ0n) is 11.9. The van der Waals surface area contributed by atoms with Crippen molar-refractivity contribution in [1.29, 1.82) is 0 Å². The van der Waals surface area contributed by atoms with Crippen molar-refractivity contribution in [1.82, 2.24) is 0 Å². The quantitative estimate of drug-likeness (QED) is 0.807. The summed E-state index contributed by atoms with van der Waals surface area (Å²) in [6.45, 7) is 0. The maximum atomic E-state index is 14.0. The number of hydrogen-bond acceptors (Lipinski definition) is 2. The molecule has 0 aromatic rings. The second kappa shape index (κ2) is 4.08. The van der Waals surface area contributed by atoms with E-state index in [1.54, 1.807) is 0 Å². The first-order valence-corrected chi connectivity index (χ1v) is 12.5. The summed E-state index contributed by atoms with van der Waals surface area (Å²) in [6, 6.07) is 0. The molecule has 1 N–H and O–H groups in total. The van der Waals surface area contributed by atoms with Gasteiger partial charge in [0.1, 0.15) is 0 Å². The topological polar surface area (TPSA) is 54.4 Å². The van der Waals surface area contributed by atoms with Gasteiger partial charge < -0.3 is 0 Å². The average molecular weight is 307 g/mol. The Morgan fingerprint density at radius 2 is 0.789 bits per heavy atom. The van der Waals surface area contributed by atoms with E-state index in [9.17, 15) is 11.4 Å². The summed E-state index contributed by atoms with van der Waals surface area (Å²) in [5.41, 5.74) is 0. The fourth-order valence-corrected chi connectivity index (χ4v) is 15.8. The molecule has 0 radical (unpaired) electrons. The van der Waals surface area contributed by atoms with E-state index < -0.39 is 25.9 Å². The molecule has 0 unspecified atom stereocenters. The molecule has 0 bridgehead atoms. The number of hydrogen-bond donors (Lipinski definition) is 1. The van der Waals surface area contributed by atoms with Gasteiger partial charge in [-0.25, -0.2) is 0 Å². The summed E-state index contributed by atoms with van der Waals surface area (Å²) in [6.07, 6.45) is 10.2. The van der Waals surface area contributed by atoms with Crippen molar-refractivity contribution >= 4 is 0 Å². The van der Waals surface area contributed by atoms with Crippen LogP contribution in [0.4, 0.5) is 0 Å². The minimum absolute atomic E-state index is 0.394. The van der Waals surface area contributed by atoms with Crippen molar-refractivity contribution in [2.24, 2.45) is 0 Å². The summed E-state index contributed by atoms with van der Waals surface area (Å²) in [5.74, 6) is 0. The van der Waals surface area contributed by atoms with Crippen LogP contribution in [0.3, 0.4) is 0 Å². The molecule has 3 aliphatic carbocycles. The third-order valence-corrected chi connectivity index (χ3v) is 17.3. The van der Waals surface area contributed by atoms with Crippen molar-refractivity contribution in [2.45, 2.75) is 90.9 Å². The van der Waals surface area contributed by atoms with Gasteiger partial charge in [0.15, 0.2) is 0 Å². The third-order valence-electron chi connectivity index (χ3n) is 6.62. The van der Waals surface area contributed by atoms with Crippen molar-refractivity contribution in [3.8, 4) is 0 Å². The van der Waals surface area contributed by atoms with Crippen LogP contribution in [0.5, 0.6) is 0 Å². The van der Waals surface area contributed by atoms with Crippen molar-refractivity contribution in [3.63, 3.8) is 0 Å². The normalized spacial score (nSPS) is 31.6. The summed E-state index contributed by atoms with van der Waals surface area (Å²) < 4.78 is 38.4. The van der Waals surface area contributed by atoms with Gasteiger partial charge in [-0.3, -0.25) is 0 Å². The summed E-state index contributed by atoms with van der Waals surface area (Å²) in [4.78, 5) is 0. The molecule has 0 aromatic heterocycles. The van der Waals surface area contributed by atoms with Gasteiger partial charge in [-0.1, -0.05) is 0 Å². The zero-order valence-corrected chi connectivity index (χ0v) is 13.3. The van der Waals surface area contributed by atoms with Gasteiger partial charge in [0.25, 0.3) is 0 Å². The monoisotopic (exact) mass is 307 g/mol. The van der Waals surface area contributed by atoms with Crippen LogP contribution >= 0.6 is 0 Å². The molecule has 19 heavy (non-hydrogen) atoms. The van der Waals surface area contributed by atoms with Gasteiger partial charge in [0.05, 0.1) is 0 Å². The van der Waals surface area contributed by atoms with E-state index in [-0.39, 0.29) is 0 Å². The molecule has 0 heterocycles. The fourth-order valence-electron chi connectivity index (χ4n) is 5.48. The van der Waals surface area contributed by atoms with Crippen LogP contribution in [0.15, 0.2) is 0 Å². The predicted molar refractivity (Wildman–Crippen MR) is 70.2 cm³/mol. The molecule has 3 saturated carbocycles. The van der Waals surface area contributed by atoms with Gasteiger partial charge in [0.2, 0.25) is 0 Å². The Kier molecular flexibility index (Phi) is 3.03. The molecule has 4 heteroatoms. The van der Waals surface area contributed by atoms with Gasteiger partial charge >= 0.3 is 114 Å². The van der Waals surface area contributed by atoms with E-state index in [2.05, 4.69) is 0 Å². The van der Waals surface area contributed by atoms with Crippen LogP contribution in [0.1, 0.15) is 77.0 Å². The molecule has 3 rings (SSSR count). The summed E-state index contributed by atoms with van der Waals surface area (Å²) in [5, 5.41) is 0. The van der Waals surface area contributed by atoms with E-state index in [1.807, 2.05) is 0 Å². The van der Waals surface area contributed by atoms with E-state index >= 15 is 0 Å². The minimum atomic E-state index is -6.23. The molecule has 3 fully saturated rings. The first-order valence-electron chi connectivity index (χ1n) is 8.29. The first kappa shape index (κ1) is 14.1. The Morgan fingerprint density at radius 1 is 0.579 bits per heavy atom. The van der Waals surface area contributed by atoms with Crippen LogP contribution in [0.25, 0.3) is 0 Å². The van der Waals surface area contributed by atoms with E-state index in [1.165, 1.54) is 0 Å².